The normalized spacial score (nSPS) is 7.88. The molecule has 0 aliphatic carbocycles. The van der Waals surface area contributed by atoms with Crippen molar-refractivity contribution in [1.29, 1.82) is 0 Å². The van der Waals surface area contributed by atoms with Crippen LogP contribution in [-0.4, -0.2) is 28.7 Å². The second kappa shape index (κ2) is 7.94. The fraction of sp³-hybridized carbons (Fsp3) is 1.00. The maximum atomic E-state index is 4.60. The van der Waals surface area contributed by atoms with Crippen molar-refractivity contribution in [2.75, 3.05) is 21.3 Å². The molecule has 8 heavy (non-hydrogen) atoms. The molecule has 0 aromatic carbocycles. The molecule has 0 aromatic rings. The van der Waals surface area contributed by atoms with Crippen molar-refractivity contribution in [3.05, 3.63) is 0 Å². The van der Waals surface area contributed by atoms with Crippen LogP contribution in [0.25, 0.3) is 0 Å². The first-order valence-electron chi connectivity index (χ1n) is 1.93. The molecule has 3 nitrogen and oxygen atoms in total. The molecule has 44 valence electrons. The smallest absolute Gasteiger partial charge is 1.00 e. The Morgan fingerprint density at radius 3 is 1.25 bits per heavy atom. The van der Waals surface area contributed by atoms with Crippen LogP contribution in [-0.2, 0) is 14.0 Å². The second-order valence-corrected chi connectivity index (χ2v) is 0.996. The summed E-state index contributed by atoms with van der Waals surface area (Å²) in [6.45, 7) is 0. The SMILES string of the molecule is COB(OC)OC.[H-].[Na+]. The zero-order valence-corrected chi connectivity index (χ0v) is 7.80. The van der Waals surface area contributed by atoms with Gasteiger partial charge in [-0.3, -0.25) is 0 Å². The molecular weight excluding hydrogens is 118 g/mol. The summed E-state index contributed by atoms with van der Waals surface area (Å²) in [4.78, 5) is 0. The van der Waals surface area contributed by atoms with E-state index in [2.05, 4.69) is 14.0 Å². The van der Waals surface area contributed by atoms with Gasteiger partial charge in [-0.05, 0) is 0 Å². The van der Waals surface area contributed by atoms with Gasteiger partial charge in [0.15, 0.2) is 0 Å². The van der Waals surface area contributed by atoms with Gasteiger partial charge < -0.3 is 15.4 Å². The topological polar surface area (TPSA) is 27.7 Å². The van der Waals surface area contributed by atoms with Crippen molar-refractivity contribution in [1.82, 2.24) is 0 Å². The van der Waals surface area contributed by atoms with Crippen LogP contribution in [0.15, 0.2) is 0 Å². The van der Waals surface area contributed by atoms with Gasteiger partial charge in [0.05, 0.1) is 0 Å². The monoisotopic (exact) mass is 128 g/mol. The van der Waals surface area contributed by atoms with Crippen LogP contribution in [0.1, 0.15) is 1.43 Å². The van der Waals surface area contributed by atoms with Crippen LogP contribution in [0.3, 0.4) is 0 Å². The molecule has 0 fully saturated rings. The minimum absolute atomic E-state index is 0. The van der Waals surface area contributed by atoms with Crippen LogP contribution in [0.2, 0.25) is 0 Å². The van der Waals surface area contributed by atoms with Gasteiger partial charge in [0, 0.05) is 21.3 Å². The van der Waals surface area contributed by atoms with Crippen molar-refractivity contribution in [2.45, 2.75) is 0 Å². The zero-order valence-electron chi connectivity index (χ0n) is 6.80. The van der Waals surface area contributed by atoms with E-state index < -0.39 is 7.32 Å². The third-order valence-electron chi connectivity index (χ3n) is 0.577. The summed E-state index contributed by atoms with van der Waals surface area (Å²) in [5.74, 6) is 0. The minimum Gasteiger partial charge on any atom is -1.00 e. The summed E-state index contributed by atoms with van der Waals surface area (Å²) in [6.07, 6.45) is 0. The Morgan fingerprint density at radius 2 is 1.25 bits per heavy atom. The van der Waals surface area contributed by atoms with E-state index in [-0.39, 0.29) is 31.0 Å². The average Bonchev–Trinajstić information content (AvgIpc) is 1.72. The van der Waals surface area contributed by atoms with Crippen LogP contribution in [0.5, 0.6) is 0 Å². The Labute approximate surface area is 73.6 Å². The Bertz CT molecular complexity index is 40.5. The third kappa shape index (κ3) is 5.09. The zero-order chi connectivity index (χ0) is 5.70. The van der Waals surface area contributed by atoms with E-state index in [0.29, 0.717) is 0 Å². The summed E-state index contributed by atoms with van der Waals surface area (Å²) in [7, 11) is 4.02. The van der Waals surface area contributed by atoms with Gasteiger partial charge >= 0.3 is 36.9 Å². The fourth-order valence-electron chi connectivity index (χ4n) is 0.289. The van der Waals surface area contributed by atoms with E-state index in [1.54, 1.807) is 0 Å². The van der Waals surface area contributed by atoms with Crippen molar-refractivity contribution in [3.8, 4) is 0 Å². The van der Waals surface area contributed by atoms with Gasteiger partial charge in [0.25, 0.3) is 0 Å². The van der Waals surface area contributed by atoms with Gasteiger partial charge in [-0.2, -0.15) is 0 Å². The van der Waals surface area contributed by atoms with Crippen molar-refractivity contribution in [2.24, 2.45) is 0 Å². The van der Waals surface area contributed by atoms with E-state index in [1.165, 1.54) is 21.3 Å². The Morgan fingerprint density at radius 1 is 1.00 bits per heavy atom. The molecule has 0 aliphatic rings. The van der Waals surface area contributed by atoms with Gasteiger partial charge in [-0.25, -0.2) is 0 Å². The maximum absolute atomic E-state index is 4.60. The van der Waals surface area contributed by atoms with Gasteiger partial charge in [-0.15, -0.1) is 0 Å². The van der Waals surface area contributed by atoms with Gasteiger partial charge in [0.1, 0.15) is 0 Å². The molecule has 0 aromatic heterocycles. The first-order chi connectivity index (χ1) is 3.35. The van der Waals surface area contributed by atoms with Crippen molar-refractivity contribution >= 4 is 7.32 Å². The van der Waals surface area contributed by atoms with Crippen LogP contribution in [0.4, 0.5) is 0 Å². The molecular formula is C3H10BNaO3. The Kier molecular flexibility index (Phi) is 11.6. The molecule has 0 radical (unpaired) electrons. The van der Waals surface area contributed by atoms with E-state index in [4.69, 9.17) is 0 Å². The predicted octanol–water partition coefficient (Wildman–Crippen LogP) is -2.97. The Hall–Kier alpha value is 0.945. The summed E-state index contributed by atoms with van der Waals surface area (Å²) in [6, 6.07) is 0. The largest absolute Gasteiger partial charge is 1.00 e. The van der Waals surface area contributed by atoms with E-state index in [9.17, 15) is 0 Å². The molecule has 5 heteroatoms. The number of hydrogen-bond donors (Lipinski definition) is 0. The molecule has 0 heterocycles. The fourth-order valence-corrected chi connectivity index (χ4v) is 0.289. The minimum atomic E-state index is -0.514. The molecule has 0 spiro atoms. The molecule has 0 N–H and O–H groups in total. The van der Waals surface area contributed by atoms with E-state index in [0.717, 1.165) is 0 Å². The summed E-state index contributed by atoms with van der Waals surface area (Å²) in [5, 5.41) is 0. The van der Waals surface area contributed by atoms with Crippen LogP contribution in [0, 0.1) is 0 Å². The molecule has 0 atom stereocenters. The number of hydrogen-bond acceptors (Lipinski definition) is 3. The van der Waals surface area contributed by atoms with E-state index in [1.807, 2.05) is 0 Å². The molecule has 0 rings (SSSR count). The van der Waals surface area contributed by atoms with Crippen LogP contribution >= 0.6 is 0 Å². The summed E-state index contributed by atoms with van der Waals surface area (Å²) >= 11 is 0. The predicted molar refractivity (Wildman–Crippen MR) is 27.9 cm³/mol. The summed E-state index contributed by atoms with van der Waals surface area (Å²) < 4.78 is 13.8. The molecule has 0 bridgehead atoms. The van der Waals surface area contributed by atoms with E-state index >= 15 is 0 Å². The third-order valence-corrected chi connectivity index (χ3v) is 0.577. The standard InChI is InChI=1S/C3H9BO3.Na.H/c1-5-4(6-2)7-3;;/h1-3H3;;/q;+1;-1. The molecule has 0 amide bonds. The summed E-state index contributed by atoms with van der Waals surface area (Å²) in [5.41, 5.74) is 0. The maximum Gasteiger partial charge on any atom is 1.00 e. The van der Waals surface area contributed by atoms with Crippen LogP contribution < -0.4 is 29.6 Å². The molecule has 0 unspecified atom stereocenters. The van der Waals surface area contributed by atoms with Crippen molar-refractivity contribution in [3.63, 3.8) is 0 Å². The first-order valence-corrected chi connectivity index (χ1v) is 1.93. The average molecular weight is 128 g/mol. The Balaban J connectivity index is -0.000000180. The van der Waals surface area contributed by atoms with Gasteiger partial charge in [0.2, 0.25) is 0 Å². The molecule has 0 saturated heterocycles. The van der Waals surface area contributed by atoms with Crippen molar-refractivity contribution < 1.29 is 44.9 Å². The number of rotatable bonds is 3. The quantitative estimate of drug-likeness (QED) is 0.380. The molecule has 0 saturated carbocycles. The van der Waals surface area contributed by atoms with Gasteiger partial charge in [-0.1, -0.05) is 0 Å². The molecule has 0 aliphatic heterocycles. The first kappa shape index (κ1) is 11.7. The second-order valence-electron chi connectivity index (χ2n) is 0.996.